The Morgan fingerprint density at radius 1 is 1.69 bits per heavy atom. The third kappa shape index (κ3) is 2.96. The second-order valence-electron chi connectivity index (χ2n) is 3.72. The van der Waals surface area contributed by atoms with Crippen molar-refractivity contribution in [1.29, 1.82) is 0 Å². The van der Waals surface area contributed by atoms with Crippen LogP contribution in [0.15, 0.2) is 5.38 Å². The minimum atomic E-state index is -0.0662. The van der Waals surface area contributed by atoms with Crippen molar-refractivity contribution in [3.63, 3.8) is 0 Å². The van der Waals surface area contributed by atoms with E-state index >= 15 is 0 Å². The molecule has 1 saturated heterocycles. The van der Waals surface area contributed by atoms with Crippen LogP contribution in [0.5, 0.6) is 0 Å². The van der Waals surface area contributed by atoms with Crippen LogP contribution in [0.1, 0.15) is 28.3 Å². The van der Waals surface area contributed by atoms with Crippen molar-refractivity contribution in [2.45, 2.75) is 25.4 Å². The first kappa shape index (κ1) is 11.9. The fourth-order valence-electron chi connectivity index (χ4n) is 1.62. The van der Waals surface area contributed by atoms with Crippen molar-refractivity contribution in [2.75, 3.05) is 11.5 Å². The Balaban J connectivity index is 1.91. The molecule has 2 rings (SSSR count). The Bertz CT molecular complexity index is 361. The molecule has 1 atom stereocenters. The molecule has 16 heavy (non-hydrogen) atoms. The van der Waals surface area contributed by atoms with Crippen LogP contribution in [0.25, 0.3) is 0 Å². The molecular formula is C10H15N3OS2. The summed E-state index contributed by atoms with van der Waals surface area (Å²) in [5.74, 6) is 2.16. The number of hydrogen-bond donors (Lipinski definition) is 2. The standard InChI is InChI=1S/C10H15N3OS2/c11-4-9-13-8(6-16-9)10(14)12-7-2-1-3-15-5-7/h6-7H,1-5,11H2,(H,12,14). The average molecular weight is 257 g/mol. The number of carbonyl (C=O) groups is 1. The summed E-state index contributed by atoms with van der Waals surface area (Å²) in [5.41, 5.74) is 5.96. The molecule has 1 fully saturated rings. The zero-order valence-corrected chi connectivity index (χ0v) is 10.6. The molecule has 6 heteroatoms. The van der Waals surface area contributed by atoms with Gasteiger partial charge < -0.3 is 11.1 Å². The zero-order valence-electron chi connectivity index (χ0n) is 8.94. The molecule has 1 amide bonds. The lowest BCUT2D eigenvalue weighted by atomic mass is 10.2. The van der Waals surface area contributed by atoms with Gasteiger partial charge in [-0.05, 0) is 18.6 Å². The maximum atomic E-state index is 11.8. The van der Waals surface area contributed by atoms with E-state index in [0.29, 0.717) is 18.3 Å². The third-order valence-corrected chi connectivity index (χ3v) is 4.54. The molecular weight excluding hydrogens is 242 g/mol. The number of thiazole rings is 1. The second kappa shape index (κ2) is 5.65. The average Bonchev–Trinajstić information content (AvgIpc) is 2.79. The van der Waals surface area contributed by atoms with Crippen LogP contribution in [0.2, 0.25) is 0 Å². The van der Waals surface area contributed by atoms with Crippen molar-refractivity contribution in [3.8, 4) is 0 Å². The van der Waals surface area contributed by atoms with Crippen molar-refractivity contribution in [2.24, 2.45) is 5.73 Å². The molecule has 1 aliphatic heterocycles. The summed E-state index contributed by atoms with van der Waals surface area (Å²) in [5, 5.41) is 5.60. The lowest BCUT2D eigenvalue weighted by molar-refractivity contribution is 0.0934. The molecule has 1 aromatic heterocycles. The molecule has 0 aliphatic carbocycles. The summed E-state index contributed by atoms with van der Waals surface area (Å²) in [7, 11) is 0. The smallest absolute Gasteiger partial charge is 0.271 e. The molecule has 1 aliphatic rings. The maximum absolute atomic E-state index is 11.8. The van der Waals surface area contributed by atoms with Gasteiger partial charge in [0.15, 0.2) is 0 Å². The minimum absolute atomic E-state index is 0.0662. The van der Waals surface area contributed by atoms with Crippen LogP contribution in [0, 0.1) is 0 Å². The van der Waals surface area contributed by atoms with Crippen LogP contribution in [0.4, 0.5) is 0 Å². The summed E-state index contributed by atoms with van der Waals surface area (Å²) in [4.78, 5) is 16.0. The Hall–Kier alpha value is -0.590. The van der Waals surface area contributed by atoms with Gasteiger partial charge in [0.05, 0.1) is 0 Å². The lowest BCUT2D eigenvalue weighted by Crippen LogP contribution is -2.38. The quantitative estimate of drug-likeness (QED) is 0.854. The van der Waals surface area contributed by atoms with E-state index in [1.54, 1.807) is 5.38 Å². The Labute approximate surface area is 103 Å². The van der Waals surface area contributed by atoms with Gasteiger partial charge in [-0.15, -0.1) is 11.3 Å². The third-order valence-electron chi connectivity index (χ3n) is 2.45. The van der Waals surface area contributed by atoms with Gasteiger partial charge in [-0.2, -0.15) is 11.8 Å². The highest BCUT2D eigenvalue weighted by Gasteiger charge is 2.18. The SMILES string of the molecule is NCc1nc(C(=O)NC2CCCSC2)cs1. The van der Waals surface area contributed by atoms with Crippen LogP contribution in [0.3, 0.4) is 0 Å². The maximum Gasteiger partial charge on any atom is 0.271 e. The molecule has 3 N–H and O–H groups in total. The highest BCUT2D eigenvalue weighted by Crippen LogP contribution is 2.17. The first-order chi connectivity index (χ1) is 7.79. The summed E-state index contributed by atoms with van der Waals surface area (Å²) in [6.07, 6.45) is 2.26. The first-order valence-corrected chi connectivity index (χ1v) is 7.36. The van der Waals surface area contributed by atoms with Crippen LogP contribution < -0.4 is 11.1 Å². The van der Waals surface area contributed by atoms with E-state index in [1.807, 2.05) is 11.8 Å². The molecule has 2 heterocycles. The van der Waals surface area contributed by atoms with Crippen molar-refractivity contribution in [3.05, 3.63) is 16.1 Å². The van der Waals surface area contributed by atoms with Gasteiger partial charge in [-0.3, -0.25) is 4.79 Å². The first-order valence-electron chi connectivity index (χ1n) is 5.32. The molecule has 0 aromatic carbocycles. The highest BCUT2D eigenvalue weighted by molar-refractivity contribution is 7.99. The normalized spacial score (nSPS) is 20.7. The van der Waals surface area contributed by atoms with Gasteiger partial charge in [0, 0.05) is 23.7 Å². The summed E-state index contributed by atoms with van der Waals surface area (Å²) in [6, 6.07) is 0.300. The van der Waals surface area contributed by atoms with Crippen LogP contribution in [-0.4, -0.2) is 28.4 Å². The minimum Gasteiger partial charge on any atom is -0.347 e. The second-order valence-corrected chi connectivity index (χ2v) is 5.81. The number of nitrogens with zero attached hydrogens (tertiary/aromatic N) is 1. The van der Waals surface area contributed by atoms with Crippen LogP contribution >= 0.6 is 23.1 Å². The molecule has 1 aromatic rings. The molecule has 88 valence electrons. The van der Waals surface area contributed by atoms with E-state index in [-0.39, 0.29) is 5.91 Å². The van der Waals surface area contributed by atoms with Gasteiger partial charge in [0.25, 0.3) is 5.91 Å². The molecule has 0 bridgehead atoms. The van der Waals surface area contributed by atoms with Gasteiger partial charge in [0.1, 0.15) is 10.7 Å². The van der Waals surface area contributed by atoms with Gasteiger partial charge >= 0.3 is 0 Å². The van der Waals surface area contributed by atoms with Crippen LogP contribution in [-0.2, 0) is 6.54 Å². The van der Waals surface area contributed by atoms with Crippen molar-refractivity contribution >= 4 is 29.0 Å². The molecule has 0 spiro atoms. The predicted octanol–water partition coefficient (Wildman–Crippen LogP) is 1.23. The summed E-state index contributed by atoms with van der Waals surface area (Å²) in [6.45, 7) is 0.400. The number of nitrogens with two attached hydrogens (primary N) is 1. The Morgan fingerprint density at radius 2 is 2.56 bits per heavy atom. The number of thioether (sulfide) groups is 1. The van der Waals surface area contributed by atoms with E-state index in [2.05, 4.69) is 10.3 Å². The van der Waals surface area contributed by atoms with E-state index in [0.717, 1.165) is 17.2 Å². The van der Waals surface area contributed by atoms with Gasteiger partial charge in [-0.25, -0.2) is 4.98 Å². The number of rotatable bonds is 3. The Kier molecular flexibility index (Phi) is 4.20. The topological polar surface area (TPSA) is 68.0 Å². The number of hydrogen-bond acceptors (Lipinski definition) is 5. The zero-order chi connectivity index (χ0) is 11.4. The summed E-state index contributed by atoms with van der Waals surface area (Å²) < 4.78 is 0. The van der Waals surface area contributed by atoms with E-state index < -0.39 is 0 Å². The van der Waals surface area contributed by atoms with Gasteiger partial charge in [-0.1, -0.05) is 0 Å². The number of aromatic nitrogens is 1. The van der Waals surface area contributed by atoms with E-state index in [9.17, 15) is 4.79 Å². The molecule has 4 nitrogen and oxygen atoms in total. The highest BCUT2D eigenvalue weighted by atomic mass is 32.2. The molecule has 1 unspecified atom stereocenters. The predicted molar refractivity (Wildman–Crippen MR) is 67.8 cm³/mol. The fourth-order valence-corrected chi connectivity index (χ4v) is 3.35. The fraction of sp³-hybridized carbons (Fsp3) is 0.600. The van der Waals surface area contributed by atoms with Crippen molar-refractivity contribution < 1.29 is 4.79 Å². The van der Waals surface area contributed by atoms with Gasteiger partial charge in [0.2, 0.25) is 0 Å². The largest absolute Gasteiger partial charge is 0.347 e. The monoisotopic (exact) mass is 257 g/mol. The van der Waals surface area contributed by atoms with Crippen molar-refractivity contribution in [1.82, 2.24) is 10.3 Å². The Morgan fingerprint density at radius 3 is 3.19 bits per heavy atom. The number of amides is 1. The summed E-state index contributed by atoms with van der Waals surface area (Å²) >= 11 is 3.34. The number of carbonyl (C=O) groups excluding carboxylic acids is 1. The number of nitrogens with one attached hydrogen (secondary N) is 1. The molecule has 0 saturated carbocycles. The van der Waals surface area contributed by atoms with E-state index in [4.69, 9.17) is 5.73 Å². The lowest BCUT2D eigenvalue weighted by Gasteiger charge is -2.21. The van der Waals surface area contributed by atoms with E-state index in [1.165, 1.54) is 23.5 Å². The molecule has 0 radical (unpaired) electrons.